The molecular weight excluding hydrogens is 486 g/mol. The summed E-state index contributed by atoms with van der Waals surface area (Å²) >= 11 is 0. The van der Waals surface area contributed by atoms with Crippen molar-refractivity contribution in [3.63, 3.8) is 0 Å². The number of aliphatic hydroxyl groups excluding tert-OH is 1. The molecule has 0 saturated carbocycles. The first-order chi connectivity index (χ1) is 18.3. The molecule has 2 aromatic rings. The van der Waals surface area contributed by atoms with E-state index in [-0.39, 0.29) is 24.3 Å². The van der Waals surface area contributed by atoms with E-state index in [0.29, 0.717) is 36.4 Å². The quantitative estimate of drug-likeness (QED) is 0.467. The second kappa shape index (κ2) is 10.4. The maximum Gasteiger partial charge on any atom is 0.250 e. The summed E-state index contributed by atoms with van der Waals surface area (Å²) in [7, 11) is 1.57. The fourth-order valence-electron chi connectivity index (χ4n) is 6.54. The predicted octanol–water partition coefficient (Wildman–Crippen LogP) is 3.05. The zero-order valence-corrected chi connectivity index (χ0v) is 21.9. The number of rotatable bonds is 9. The standard InChI is InChI=1S/C29H35N3O6/c1-17(2)15-20(16-33)32-25(27(35)31-19-9-11-21(37-3)12-10-19)29-14-13-22(38-29)23(24(29)28(32)36)26(34)30-18-7-5-4-6-8-18/h4-12,17,20,22-25,33H,13-16H2,1-3H3,(H,30,34)(H,31,35)/t20-,22-,23+,24+,25?,29?/m1/s1. The fourth-order valence-corrected chi connectivity index (χ4v) is 6.54. The van der Waals surface area contributed by atoms with Gasteiger partial charge in [0.05, 0.1) is 37.7 Å². The van der Waals surface area contributed by atoms with Crippen LogP contribution in [-0.4, -0.2) is 65.2 Å². The van der Waals surface area contributed by atoms with Gasteiger partial charge < -0.3 is 30.1 Å². The molecule has 3 aliphatic rings. The summed E-state index contributed by atoms with van der Waals surface area (Å²) in [5.41, 5.74) is 0.0540. The largest absolute Gasteiger partial charge is 0.497 e. The number of nitrogens with one attached hydrogen (secondary N) is 2. The van der Waals surface area contributed by atoms with Crippen LogP contribution in [0.3, 0.4) is 0 Å². The van der Waals surface area contributed by atoms with Crippen molar-refractivity contribution < 1.29 is 29.0 Å². The summed E-state index contributed by atoms with van der Waals surface area (Å²) in [4.78, 5) is 43.1. The molecule has 3 heterocycles. The van der Waals surface area contributed by atoms with Gasteiger partial charge in [0, 0.05) is 11.4 Å². The lowest BCUT2D eigenvalue weighted by Crippen LogP contribution is -2.56. The molecule has 3 fully saturated rings. The highest BCUT2D eigenvalue weighted by atomic mass is 16.5. The van der Waals surface area contributed by atoms with Crippen LogP contribution in [0.15, 0.2) is 54.6 Å². The number of likely N-dealkylation sites (tertiary alicyclic amines) is 1. The molecule has 2 bridgehead atoms. The Balaban J connectivity index is 1.49. The van der Waals surface area contributed by atoms with E-state index in [2.05, 4.69) is 10.6 Å². The number of nitrogens with zero attached hydrogens (tertiary/aromatic N) is 1. The van der Waals surface area contributed by atoms with Gasteiger partial charge in [0.2, 0.25) is 17.7 Å². The van der Waals surface area contributed by atoms with Crippen LogP contribution in [0.1, 0.15) is 33.1 Å². The number of aliphatic hydroxyl groups is 1. The number of fused-ring (bicyclic) bond motifs is 1. The molecule has 0 radical (unpaired) electrons. The van der Waals surface area contributed by atoms with Crippen molar-refractivity contribution in [3.05, 3.63) is 54.6 Å². The highest BCUT2D eigenvalue weighted by Gasteiger charge is 2.75. The number of benzene rings is 2. The van der Waals surface area contributed by atoms with Gasteiger partial charge in [-0.15, -0.1) is 0 Å². The number of para-hydroxylation sites is 1. The SMILES string of the molecule is COc1ccc(NC(=O)C2N([C@@H](CO)CC(C)C)C(=O)[C@@H]3[C@@H](C(=O)Nc4ccccc4)[C@H]4CCC23O4)cc1. The van der Waals surface area contributed by atoms with Crippen LogP contribution >= 0.6 is 0 Å². The normalized spacial score (nSPS) is 28.3. The second-order valence-corrected chi connectivity index (χ2v) is 10.8. The van der Waals surface area contributed by atoms with E-state index in [1.165, 1.54) is 4.90 Å². The number of hydrogen-bond acceptors (Lipinski definition) is 6. The molecule has 202 valence electrons. The van der Waals surface area contributed by atoms with Crippen LogP contribution in [-0.2, 0) is 19.1 Å². The molecule has 1 spiro atoms. The van der Waals surface area contributed by atoms with Crippen molar-refractivity contribution in [3.8, 4) is 5.75 Å². The third-order valence-corrected chi connectivity index (χ3v) is 8.04. The molecule has 3 saturated heterocycles. The van der Waals surface area contributed by atoms with E-state index in [4.69, 9.17) is 9.47 Å². The highest BCUT2D eigenvalue weighted by molar-refractivity contribution is 6.05. The highest BCUT2D eigenvalue weighted by Crippen LogP contribution is 2.59. The van der Waals surface area contributed by atoms with Crippen LogP contribution in [0.4, 0.5) is 11.4 Å². The fraction of sp³-hybridized carbons (Fsp3) is 0.483. The van der Waals surface area contributed by atoms with Gasteiger partial charge in [-0.25, -0.2) is 0 Å². The minimum atomic E-state index is -1.14. The third kappa shape index (κ3) is 4.43. The molecule has 9 nitrogen and oxygen atoms in total. The molecule has 5 rings (SSSR count). The molecule has 3 N–H and O–H groups in total. The second-order valence-electron chi connectivity index (χ2n) is 10.8. The van der Waals surface area contributed by atoms with E-state index in [9.17, 15) is 19.5 Å². The number of ether oxygens (including phenoxy) is 2. The van der Waals surface area contributed by atoms with Crippen LogP contribution in [0.2, 0.25) is 0 Å². The van der Waals surface area contributed by atoms with Crippen molar-refractivity contribution in [1.29, 1.82) is 0 Å². The maximum atomic E-state index is 14.1. The minimum absolute atomic E-state index is 0.178. The number of amides is 3. The molecule has 2 aromatic carbocycles. The van der Waals surface area contributed by atoms with Gasteiger partial charge >= 0.3 is 0 Å². The number of methoxy groups -OCH3 is 1. The average Bonchev–Trinajstić information content (AvgIpc) is 3.55. The van der Waals surface area contributed by atoms with Gasteiger partial charge in [-0.2, -0.15) is 0 Å². The molecule has 0 aromatic heterocycles. The topological polar surface area (TPSA) is 117 Å². The summed E-state index contributed by atoms with van der Waals surface area (Å²) in [5.74, 6) is -1.69. The van der Waals surface area contributed by atoms with Gasteiger partial charge in [0.1, 0.15) is 17.4 Å². The Morgan fingerprint density at radius 2 is 1.74 bits per heavy atom. The Labute approximate surface area is 222 Å². The monoisotopic (exact) mass is 521 g/mol. The first-order valence-electron chi connectivity index (χ1n) is 13.2. The number of hydrogen-bond donors (Lipinski definition) is 3. The van der Waals surface area contributed by atoms with Crippen molar-refractivity contribution in [2.45, 2.75) is 56.9 Å². The summed E-state index contributed by atoms with van der Waals surface area (Å²) < 4.78 is 11.7. The maximum absolute atomic E-state index is 14.1. The van der Waals surface area contributed by atoms with Crippen LogP contribution < -0.4 is 15.4 Å². The summed E-state index contributed by atoms with van der Waals surface area (Å²) in [6.07, 6.45) is 1.12. The Hall–Kier alpha value is -3.43. The Morgan fingerprint density at radius 1 is 1.08 bits per heavy atom. The molecule has 0 aliphatic carbocycles. The molecule has 6 atom stereocenters. The van der Waals surface area contributed by atoms with Gasteiger partial charge in [0.25, 0.3) is 0 Å². The lowest BCUT2D eigenvalue weighted by atomic mass is 9.70. The van der Waals surface area contributed by atoms with E-state index in [1.54, 1.807) is 43.5 Å². The molecule has 38 heavy (non-hydrogen) atoms. The third-order valence-electron chi connectivity index (χ3n) is 8.04. The van der Waals surface area contributed by atoms with Crippen molar-refractivity contribution in [2.24, 2.45) is 17.8 Å². The molecular formula is C29H35N3O6. The summed E-state index contributed by atoms with van der Waals surface area (Å²) in [6, 6.07) is 14.5. The van der Waals surface area contributed by atoms with Crippen LogP contribution in [0.5, 0.6) is 5.75 Å². The molecule has 2 unspecified atom stereocenters. The zero-order valence-electron chi connectivity index (χ0n) is 21.9. The summed E-state index contributed by atoms with van der Waals surface area (Å²) in [6.45, 7) is 3.73. The van der Waals surface area contributed by atoms with Gasteiger partial charge in [-0.1, -0.05) is 32.0 Å². The molecule has 3 aliphatic heterocycles. The molecule has 9 heteroatoms. The first-order valence-corrected chi connectivity index (χ1v) is 13.2. The number of carbonyl (C=O) groups is 3. The lowest BCUT2D eigenvalue weighted by Gasteiger charge is -2.37. The van der Waals surface area contributed by atoms with Crippen molar-refractivity contribution >= 4 is 29.1 Å². The summed E-state index contributed by atoms with van der Waals surface area (Å²) in [5, 5.41) is 16.2. The smallest absolute Gasteiger partial charge is 0.250 e. The lowest BCUT2D eigenvalue weighted by molar-refractivity contribution is -0.143. The van der Waals surface area contributed by atoms with E-state index in [1.807, 2.05) is 32.0 Å². The van der Waals surface area contributed by atoms with E-state index < -0.39 is 41.5 Å². The number of anilines is 2. The van der Waals surface area contributed by atoms with Gasteiger partial charge in [-0.3, -0.25) is 14.4 Å². The first kappa shape index (κ1) is 26.2. The van der Waals surface area contributed by atoms with Crippen LogP contribution in [0, 0.1) is 17.8 Å². The minimum Gasteiger partial charge on any atom is -0.497 e. The van der Waals surface area contributed by atoms with Gasteiger partial charge in [-0.05, 0) is 61.6 Å². The Bertz CT molecular complexity index is 1190. The van der Waals surface area contributed by atoms with E-state index in [0.717, 1.165) is 0 Å². The Morgan fingerprint density at radius 3 is 2.37 bits per heavy atom. The predicted molar refractivity (Wildman–Crippen MR) is 141 cm³/mol. The average molecular weight is 522 g/mol. The zero-order chi connectivity index (χ0) is 27.0. The molecule has 3 amide bonds. The van der Waals surface area contributed by atoms with E-state index >= 15 is 0 Å². The van der Waals surface area contributed by atoms with Crippen molar-refractivity contribution in [2.75, 3.05) is 24.4 Å². The van der Waals surface area contributed by atoms with Gasteiger partial charge in [0.15, 0.2) is 0 Å². The van der Waals surface area contributed by atoms with Crippen molar-refractivity contribution in [1.82, 2.24) is 4.90 Å². The number of carbonyl (C=O) groups excluding carboxylic acids is 3. The van der Waals surface area contributed by atoms with Crippen LogP contribution in [0.25, 0.3) is 0 Å². The Kier molecular flexibility index (Phi) is 7.15.